The molecule has 2 heterocycles. The fraction of sp³-hybridized carbons (Fsp3) is 0.324. The van der Waals surface area contributed by atoms with E-state index in [9.17, 15) is 14.4 Å². The van der Waals surface area contributed by atoms with Crippen LogP contribution >= 0.6 is 0 Å². The van der Waals surface area contributed by atoms with E-state index in [2.05, 4.69) is 64.8 Å². The Morgan fingerprint density at radius 3 is 2.49 bits per heavy atom. The monoisotopic (exact) mass is 546 g/mol. The van der Waals surface area contributed by atoms with E-state index in [1.807, 2.05) is 0 Å². The van der Waals surface area contributed by atoms with Gasteiger partial charge in [-0.3, -0.25) is 4.79 Å². The Hall–Kier alpha value is -4.44. The summed E-state index contributed by atoms with van der Waals surface area (Å²) in [6.07, 6.45) is 5.88. The standard InChI is InChI=1S/C34H31FN4O2/c35-25-13-9-24(10-14-25)33-37-30(23-11-15-26(16-12-23)39-20-17-22-5-1-4-8-29(22)39)31(41-33)27-6-2-3-7-28(27)32(40)38-34(21-36)18-19-34/h1,4-5,8-16,27-28H,2-3,6-7,17-20H2,(H,38,40). The number of oxazole rings is 1. The van der Waals surface area contributed by atoms with Gasteiger partial charge in [-0.15, -0.1) is 0 Å². The van der Waals surface area contributed by atoms with E-state index >= 15 is 0 Å². The van der Waals surface area contributed by atoms with Crippen LogP contribution in [0.3, 0.4) is 0 Å². The van der Waals surface area contributed by atoms with Gasteiger partial charge in [-0.1, -0.05) is 43.2 Å². The highest BCUT2D eigenvalue weighted by Crippen LogP contribution is 2.45. The van der Waals surface area contributed by atoms with Gasteiger partial charge < -0.3 is 14.6 Å². The zero-order valence-corrected chi connectivity index (χ0v) is 22.8. The molecule has 1 aromatic heterocycles. The average molecular weight is 547 g/mol. The lowest BCUT2D eigenvalue weighted by Gasteiger charge is -2.30. The smallest absolute Gasteiger partial charge is 0.226 e. The van der Waals surface area contributed by atoms with E-state index in [4.69, 9.17) is 9.40 Å². The predicted molar refractivity (Wildman–Crippen MR) is 155 cm³/mol. The van der Waals surface area contributed by atoms with E-state index in [-0.39, 0.29) is 23.6 Å². The van der Waals surface area contributed by atoms with Gasteiger partial charge in [0.15, 0.2) is 0 Å². The zero-order valence-electron chi connectivity index (χ0n) is 22.8. The van der Waals surface area contributed by atoms with E-state index in [1.165, 1.54) is 23.4 Å². The second-order valence-corrected chi connectivity index (χ2v) is 11.5. The van der Waals surface area contributed by atoms with Gasteiger partial charge in [0.25, 0.3) is 0 Å². The van der Waals surface area contributed by atoms with Crippen molar-refractivity contribution in [3.63, 3.8) is 0 Å². The van der Waals surface area contributed by atoms with Gasteiger partial charge >= 0.3 is 0 Å². The van der Waals surface area contributed by atoms with Crippen LogP contribution < -0.4 is 10.2 Å². The summed E-state index contributed by atoms with van der Waals surface area (Å²) in [4.78, 5) is 20.7. The lowest BCUT2D eigenvalue weighted by molar-refractivity contribution is -0.127. The highest BCUT2D eigenvalue weighted by Gasteiger charge is 2.47. The van der Waals surface area contributed by atoms with E-state index in [1.54, 1.807) is 12.1 Å². The van der Waals surface area contributed by atoms with Gasteiger partial charge in [0.1, 0.15) is 22.8 Å². The first-order valence-corrected chi connectivity index (χ1v) is 14.5. The van der Waals surface area contributed by atoms with Crippen molar-refractivity contribution in [3.05, 3.63) is 89.9 Å². The molecule has 2 aliphatic carbocycles. The molecule has 2 fully saturated rings. The molecule has 1 N–H and O–H groups in total. The van der Waals surface area contributed by atoms with Gasteiger partial charge in [0, 0.05) is 40.9 Å². The van der Waals surface area contributed by atoms with Gasteiger partial charge in [0.2, 0.25) is 11.8 Å². The molecule has 7 heteroatoms. The van der Waals surface area contributed by atoms with E-state index < -0.39 is 5.54 Å². The van der Waals surface area contributed by atoms with E-state index in [0.29, 0.717) is 35.7 Å². The summed E-state index contributed by atoms with van der Waals surface area (Å²) in [6.45, 7) is 0.936. The minimum atomic E-state index is -0.716. The summed E-state index contributed by atoms with van der Waals surface area (Å²) in [6, 6.07) is 25.3. The van der Waals surface area contributed by atoms with Crippen LogP contribution in [0, 0.1) is 23.1 Å². The molecular weight excluding hydrogens is 515 g/mol. The topological polar surface area (TPSA) is 82.2 Å². The van der Waals surface area contributed by atoms with Crippen LogP contribution in [0.15, 0.2) is 77.2 Å². The molecule has 7 rings (SSSR count). The average Bonchev–Trinajstić information content (AvgIpc) is 3.44. The van der Waals surface area contributed by atoms with Gasteiger partial charge in [-0.05, 0) is 80.1 Å². The molecule has 2 unspecified atom stereocenters. The summed E-state index contributed by atoms with van der Waals surface area (Å²) < 4.78 is 20.2. The van der Waals surface area contributed by atoms with Crippen molar-refractivity contribution in [1.29, 1.82) is 5.26 Å². The highest BCUT2D eigenvalue weighted by atomic mass is 19.1. The van der Waals surface area contributed by atoms with Crippen LogP contribution in [0.5, 0.6) is 0 Å². The van der Waals surface area contributed by atoms with Crippen LogP contribution in [0.1, 0.15) is 55.8 Å². The summed E-state index contributed by atoms with van der Waals surface area (Å²) in [7, 11) is 0. The molecule has 41 heavy (non-hydrogen) atoms. The number of nitriles is 1. The maximum atomic E-state index is 13.7. The third-order valence-corrected chi connectivity index (χ3v) is 8.85. The molecular formula is C34H31FN4O2. The van der Waals surface area contributed by atoms with Crippen LogP contribution in [0.2, 0.25) is 0 Å². The largest absolute Gasteiger partial charge is 0.440 e. The second kappa shape index (κ2) is 10.2. The number of nitrogens with zero attached hydrogens (tertiary/aromatic N) is 3. The third-order valence-electron chi connectivity index (χ3n) is 8.85. The third kappa shape index (κ3) is 4.78. The number of hydrogen-bond donors (Lipinski definition) is 1. The Morgan fingerprint density at radius 1 is 1.00 bits per heavy atom. The molecule has 1 aliphatic heterocycles. The molecule has 3 aromatic carbocycles. The normalized spacial score (nSPS) is 20.7. The van der Waals surface area contributed by atoms with Crippen molar-refractivity contribution in [3.8, 4) is 28.8 Å². The van der Waals surface area contributed by atoms with Gasteiger partial charge in [-0.25, -0.2) is 9.37 Å². The summed E-state index contributed by atoms with van der Waals surface area (Å²) in [5.74, 6) is 0.221. The number of anilines is 2. The minimum absolute atomic E-state index is 0.0810. The number of amides is 1. The van der Waals surface area contributed by atoms with E-state index in [0.717, 1.165) is 49.9 Å². The highest BCUT2D eigenvalue weighted by molar-refractivity contribution is 5.82. The molecule has 206 valence electrons. The van der Waals surface area contributed by atoms with Crippen LogP contribution in [0.4, 0.5) is 15.8 Å². The minimum Gasteiger partial charge on any atom is -0.440 e. The number of halogens is 1. The molecule has 3 aliphatic rings. The number of rotatable bonds is 6. The van der Waals surface area contributed by atoms with Crippen LogP contribution in [-0.2, 0) is 11.2 Å². The number of para-hydroxylation sites is 1. The van der Waals surface area contributed by atoms with Crippen LogP contribution in [0.25, 0.3) is 22.7 Å². The molecule has 4 aromatic rings. The molecule has 2 saturated carbocycles. The zero-order chi connectivity index (χ0) is 28.0. The number of aromatic nitrogens is 1. The quantitative estimate of drug-likeness (QED) is 0.275. The molecule has 1 amide bonds. The Kier molecular flexibility index (Phi) is 6.34. The van der Waals surface area contributed by atoms with Crippen molar-refractivity contribution in [2.45, 2.75) is 56.4 Å². The lowest BCUT2D eigenvalue weighted by Crippen LogP contribution is -2.42. The van der Waals surface area contributed by atoms with Crippen molar-refractivity contribution in [2.24, 2.45) is 5.92 Å². The second-order valence-electron chi connectivity index (χ2n) is 11.5. The molecule has 2 atom stereocenters. The number of nitrogens with one attached hydrogen (secondary N) is 1. The first kappa shape index (κ1) is 25.5. The maximum absolute atomic E-state index is 13.7. The molecule has 0 saturated heterocycles. The number of carbonyl (C=O) groups is 1. The molecule has 6 nitrogen and oxygen atoms in total. The SMILES string of the molecule is N#CC1(NC(=O)C2CCCCC2c2oc(-c3ccc(F)cc3)nc2-c2ccc(N3CCc4ccccc43)cc2)CC1. The van der Waals surface area contributed by atoms with Crippen LogP contribution in [-0.4, -0.2) is 23.0 Å². The fourth-order valence-corrected chi connectivity index (χ4v) is 6.39. The van der Waals surface area contributed by atoms with Gasteiger partial charge in [-0.2, -0.15) is 5.26 Å². The lowest BCUT2D eigenvalue weighted by atomic mass is 9.76. The summed E-state index contributed by atoms with van der Waals surface area (Å²) in [5.41, 5.74) is 5.30. The number of fused-ring (bicyclic) bond motifs is 1. The first-order valence-electron chi connectivity index (χ1n) is 14.5. The fourth-order valence-electron chi connectivity index (χ4n) is 6.39. The number of hydrogen-bond acceptors (Lipinski definition) is 5. The predicted octanol–water partition coefficient (Wildman–Crippen LogP) is 7.29. The maximum Gasteiger partial charge on any atom is 0.226 e. The first-order chi connectivity index (χ1) is 20.0. The molecule has 0 spiro atoms. The summed E-state index contributed by atoms with van der Waals surface area (Å²) >= 11 is 0. The van der Waals surface area contributed by atoms with Crippen molar-refractivity contribution >= 4 is 17.3 Å². The Morgan fingerprint density at radius 2 is 1.73 bits per heavy atom. The Labute approximate surface area is 238 Å². The summed E-state index contributed by atoms with van der Waals surface area (Å²) in [5, 5.41) is 12.6. The van der Waals surface area contributed by atoms with Gasteiger partial charge in [0.05, 0.1) is 6.07 Å². The number of benzene rings is 3. The molecule has 0 bridgehead atoms. The number of carbonyl (C=O) groups excluding carboxylic acids is 1. The molecule has 0 radical (unpaired) electrons. The van der Waals surface area contributed by atoms with Crippen molar-refractivity contribution in [2.75, 3.05) is 11.4 Å². The Bertz CT molecular complexity index is 1630. The Balaban J connectivity index is 1.25. The van der Waals surface area contributed by atoms with Crippen molar-refractivity contribution in [1.82, 2.24) is 10.3 Å². The van der Waals surface area contributed by atoms with Crippen molar-refractivity contribution < 1.29 is 13.6 Å².